The number of aliphatic hydroxyl groups excluding tert-OH is 2. The third kappa shape index (κ3) is 2.16. The van der Waals surface area contributed by atoms with Crippen LogP contribution in [0.1, 0.15) is 59.3 Å². The van der Waals surface area contributed by atoms with Crippen molar-refractivity contribution in [2.24, 2.45) is 34.5 Å². The molecule has 6 aliphatic rings. The molecule has 4 aliphatic carbocycles. The second kappa shape index (κ2) is 6.30. The van der Waals surface area contributed by atoms with Crippen molar-refractivity contribution in [3.8, 4) is 0 Å². The molecule has 6 nitrogen and oxygen atoms in total. The second-order valence-electron chi connectivity index (χ2n) is 11.4. The number of rotatable bonds is 0. The summed E-state index contributed by atoms with van der Waals surface area (Å²) in [7, 11) is 0. The molecule has 2 saturated heterocycles. The lowest BCUT2D eigenvalue weighted by atomic mass is 9.45. The number of ether oxygens (including phenoxy) is 4. The van der Waals surface area contributed by atoms with Crippen molar-refractivity contribution in [2.75, 3.05) is 20.2 Å². The monoisotopic (exact) mass is 420 g/mol. The Balaban J connectivity index is 1.43. The minimum atomic E-state index is -0.860. The van der Waals surface area contributed by atoms with Crippen molar-refractivity contribution in [1.82, 2.24) is 0 Å². The van der Waals surface area contributed by atoms with Gasteiger partial charge in [0.05, 0.1) is 12.2 Å². The van der Waals surface area contributed by atoms with Gasteiger partial charge < -0.3 is 29.2 Å². The first kappa shape index (κ1) is 20.1. The zero-order valence-electron chi connectivity index (χ0n) is 18.4. The molecule has 0 aromatic rings. The summed E-state index contributed by atoms with van der Waals surface area (Å²) in [5.74, 6) is 0.543. The van der Waals surface area contributed by atoms with Gasteiger partial charge in [-0.3, -0.25) is 0 Å². The largest absolute Gasteiger partial charge is 0.393 e. The predicted octanol–water partition coefficient (Wildman–Crippen LogP) is 2.97. The fourth-order valence-electron chi connectivity index (χ4n) is 9.36. The van der Waals surface area contributed by atoms with Crippen LogP contribution in [-0.2, 0) is 18.9 Å². The van der Waals surface area contributed by atoms with E-state index in [1.54, 1.807) is 0 Å². The zero-order valence-corrected chi connectivity index (χ0v) is 18.4. The molecule has 10 atom stereocenters. The Kier molecular flexibility index (Phi) is 4.23. The van der Waals surface area contributed by atoms with E-state index in [1.807, 2.05) is 0 Å². The van der Waals surface area contributed by atoms with Crippen LogP contribution in [0, 0.1) is 34.5 Å². The maximum atomic E-state index is 11.7. The van der Waals surface area contributed by atoms with Crippen molar-refractivity contribution in [3.05, 3.63) is 11.6 Å². The molecule has 2 N–H and O–H groups in total. The lowest BCUT2D eigenvalue weighted by Gasteiger charge is -2.62. The third-order valence-electron chi connectivity index (χ3n) is 10.4. The Morgan fingerprint density at radius 1 is 1.07 bits per heavy atom. The quantitative estimate of drug-likeness (QED) is 0.587. The molecule has 0 amide bonds. The van der Waals surface area contributed by atoms with Crippen LogP contribution in [0.3, 0.4) is 0 Å². The highest BCUT2D eigenvalue weighted by molar-refractivity contribution is 5.29. The van der Waals surface area contributed by atoms with E-state index in [1.165, 1.54) is 5.57 Å². The number of allylic oxidation sites excluding steroid dienone is 1. The van der Waals surface area contributed by atoms with Crippen LogP contribution in [-0.4, -0.2) is 54.0 Å². The van der Waals surface area contributed by atoms with E-state index in [-0.39, 0.29) is 42.4 Å². The lowest BCUT2D eigenvalue weighted by molar-refractivity contribution is -0.267. The van der Waals surface area contributed by atoms with Gasteiger partial charge in [0.2, 0.25) is 5.79 Å². The van der Waals surface area contributed by atoms with Gasteiger partial charge >= 0.3 is 0 Å². The minimum absolute atomic E-state index is 0.0143. The Bertz CT molecular complexity index is 755. The normalized spacial score (nSPS) is 59.8. The molecule has 5 fully saturated rings. The van der Waals surface area contributed by atoms with Gasteiger partial charge in [0, 0.05) is 5.41 Å². The van der Waals surface area contributed by atoms with Crippen molar-refractivity contribution >= 4 is 0 Å². The van der Waals surface area contributed by atoms with Gasteiger partial charge in [-0.15, -0.1) is 0 Å². The first-order valence-corrected chi connectivity index (χ1v) is 11.8. The summed E-state index contributed by atoms with van der Waals surface area (Å²) in [6.45, 7) is 7.79. The fraction of sp³-hybridized carbons (Fsp3) is 0.917. The molecule has 0 aromatic carbocycles. The molecule has 0 bridgehead atoms. The highest BCUT2D eigenvalue weighted by atomic mass is 16.9. The molecule has 30 heavy (non-hydrogen) atoms. The van der Waals surface area contributed by atoms with Crippen molar-refractivity contribution in [3.63, 3.8) is 0 Å². The van der Waals surface area contributed by atoms with E-state index in [4.69, 9.17) is 18.9 Å². The maximum absolute atomic E-state index is 11.7. The summed E-state index contributed by atoms with van der Waals surface area (Å²) >= 11 is 0. The molecular weight excluding hydrogens is 384 g/mol. The zero-order chi connectivity index (χ0) is 20.9. The fourth-order valence-corrected chi connectivity index (χ4v) is 9.36. The molecule has 3 saturated carbocycles. The van der Waals surface area contributed by atoms with E-state index in [0.29, 0.717) is 24.9 Å². The van der Waals surface area contributed by atoms with E-state index < -0.39 is 17.5 Å². The third-order valence-corrected chi connectivity index (χ3v) is 10.4. The molecule has 2 heterocycles. The Morgan fingerprint density at radius 3 is 2.63 bits per heavy atom. The Hall–Kier alpha value is -0.500. The van der Waals surface area contributed by atoms with Crippen LogP contribution in [0.4, 0.5) is 0 Å². The molecular formula is C24H36O6. The Morgan fingerprint density at radius 2 is 1.87 bits per heavy atom. The van der Waals surface area contributed by atoms with Crippen molar-refractivity contribution in [2.45, 2.75) is 82.9 Å². The Labute approximate surface area is 178 Å². The number of aliphatic hydroxyl groups is 2. The smallest absolute Gasteiger partial charge is 0.227 e. The molecule has 6 heteroatoms. The van der Waals surface area contributed by atoms with E-state index in [0.717, 1.165) is 32.1 Å². The van der Waals surface area contributed by atoms with Crippen molar-refractivity contribution < 1.29 is 29.2 Å². The lowest BCUT2D eigenvalue weighted by Crippen LogP contribution is -2.67. The number of hydrogen-bond acceptors (Lipinski definition) is 6. The topological polar surface area (TPSA) is 77.4 Å². The van der Waals surface area contributed by atoms with Crippen LogP contribution >= 0.6 is 0 Å². The average Bonchev–Trinajstić information content (AvgIpc) is 3.38. The van der Waals surface area contributed by atoms with Gasteiger partial charge in [-0.25, -0.2) is 0 Å². The molecule has 0 aromatic heterocycles. The second-order valence-corrected chi connectivity index (χ2v) is 11.4. The van der Waals surface area contributed by atoms with Crippen molar-refractivity contribution in [1.29, 1.82) is 0 Å². The summed E-state index contributed by atoms with van der Waals surface area (Å²) in [6, 6.07) is 0. The minimum Gasteiger partial charge on any atom is -0.393 e. The molecule has 6 rings (SSSR count). The summed E-state index contributed by atoms with van der Waals surface area (Å²) in [4.78, 5) is 0. The summed E-state index contributed by atoms with van der Waals surface area (Å²) in [6.07, 6.45) is 6.99. The van der Waals surface area contributed by atoms with E-state index in [9.17, 15) is 10.2 Å². The SMILES string of the molecule is C[C@@H]1C[C@H]2[C@@H]3CCC4=CC(O)CC[C@]4(C)[C@H]3[C@H](O)C[C@]2(C)[C@]12OCOC21COCO1. The van der Waals surface area contributed by atoms with Crippen LogP contribution in [0.15, 0.2) is 11.6 Å². The predicted molar refractivity (Wildman–Crippen MR) is 108 cm³/mol. The molecule has 2 spiro atoms. The van der Waals surface area contributed by atoms with Gasteiger partial charge in [-0.1, -0.05) is 32.4 Å². The number of hydrogen-bond donors (Lipinski definition) is 2. The van der Waals surface area contributed by atoms with E-state index >= 15 is 0 Å². The van der Waals surface area contributed by atoms with Crippen LogP contribution < -0.4 is 0 Å². The van der Waals surface area contributed by atoms with E-state index in [2.05, 4.69) is 26.8 Å². The molecule has 168 valence electrons. The molecule has 0 radical (unpaired) electrons. The van der Waals surface area contributed by atoms with Gasteiger partial charge in [0.1, 0.15) is 12.2 Å². The first-order chi connectivity index (χ1) is 14.3. The average molecular weight is 421 g/mol. The summed E-state index contributed by atoms with van der Waals surface area (Å²) in [5, 5.41) is 21.9. The highest BCUT2D eigenvalue weighted by Crippen LogP contribution is 2.72. The van der Waals surface area contributed by atoms with Crippen LogP contribution in [0.25, 0.3) is 0 Å². The summed E-state index contributed by atoms with van der Waals surface area (Å²) in [5.41, 5.74) is 0.533. The molecule has 2 unspecified atom stereocenters. The first-order valence-electron chi connectivity index (χ1n) is 11.8. The van der Waals surface area contributed by atoms with Gasteiger partial charge in [0.15, 0.2) is 13.6 Å². The van der Waals surface area contributed by atoms with Crippen LogP contribution in [0.5, 0.6) is 0 Å². The molecule has 2 aliphatic heterocycles. The van der Waals surface area contributed by atoms with Crippen LogP contribution in [0.2, 0.25) is 0 Å². The van der Waals surface area contributed by atoms with Gasteiger partial charge in [-0.2, -0.15) is 0 Å². The highest BCUT2D eigenvalue weighted by Gasteiger charge is 2.79. The standard InChI is InChI=1S/C24H36O6/c1-14-8-18-17-5-4-15-9-16(25)6-7-21(15,2)20(17)19(26)10-22(18,3)24(14)23(29-13-30-24)11-27-12-28-23/h9,14,16-20,25-26H,4-8,10-13H2,1-3H3/t14-,16?,17+,18+,19-,20-,21+,22+,23?,24-/m1/s1. The van der Waals surface area contributed by atoms with Gasteiger partial charge in [0.25, 0.3) is 0 Å². The number of fused-ring (bicyclic) bond motifs is 7. The van der Waals surface area contributed by atoms with Gasteiger partial charge in [-0.05, 0) is 67.6 Å². The maximum Gasteiger partial charge on any atom is 0.227 e. The summed E-state index contributed by atoms with van der Waals surface area (Å²) < 4.78 is 24.4.